The van der Waals surface area contributed by atoms with Crippen LogP contribution in [-0.2, 0) is 6.42 Å². The molecule has 4 rings (SSSR count). The lowest BCUT2D eigenvalue weighted by Crippen LogP contribution is -2.06. The smallest absolute Gasteiger partial charge is 0.131 e. The first kappa shape index (κ1) is 12.9. The predicted molar refractivity (Wildman–Crippen MR) is 82.9 cm³/mol. The van der Waals surface area contributed by atoms with Crippen LogP contribution >= 0.6 is 11.3 Å². The second-order valence-corrected chi connectivity index (χ2v) is 6.41. The van der Waals surface area contributed by atoms with Crippen molar-refractivity contribution in [1.29, 1.82) is 0 Å². The fourth-order valence-electron chi connectivity index (χ4n) is 2.96. The van der Waals surface area contributed by atoms with Gasteiger partial charge in [-0.3, -0.25) is 0 Å². The van der Waals surface area contributed by atoms with Gasteiger partial charge in [0.05, 0.1) is 16.7 Å². The second kappa shape index (κ2) is 4.90. The minimum Gasteiger partial charge on any atom is -0.388 e. The van der Waals surface area contributed by atoms with Crippen molar-refractivity contribution in [3.63, 3.8) is 0 Å². The summed E-state index contributed by atoms with van der Waals surface area (Å²) in [5.41, 5.74) is 1.95. The molecule has 0 amide bonds. The average Bonchev–Trinajstić information content (AvgIpc) is 2.93. The fraction of sp³-hybridized carbons (Fsp3) is 0.235. The molecule has 0 saturated heterocycles. The molecule has 0 saturated carbocycles. The number of halogens is 1. The Hall–Kier alpha value is -1.78. The van der Waals surface area contributed by atoms with E-state index >= 15 is 0 Å². The molecule has 2 aromatic carbocycles. The number of nitrogens with zero attached hydrogens (tertiary/aromatic N) is 1. The molecule has 1 unspecified atom stereocenters. The number of aromatic nitrogens is 1. The number of rotatable bonds is 1. The van der Waals surface area contributed by atoms with Crippen molar-refractivity contribution in [2.75, 3.05) is 0 Å². The van der Waals surface area contributed by atoms with Gasteiger partial charge in [-0.2, -0.15) is 0 Å². The molecule has 21 heavy (non-hydrogen) atoms. The summed E-state index contributed by atoms with van der Waals surface area (Å²) in [4.78, 5) is 5.66. The fourth-order valence-corrected chi connectivity index (χ4v) is 4.13. The largest absolute Gasteiger partial charge is 0.388 e. The number of hydrogen-bond acceptors (Lipinski definition) is 3. The van der Waals surface area contributed by atoms with Gasteiger partial charge in [-0.05, 0) is 36.8 Å². The molecule has 1 aromatic heterocycles. The number of hydrogen-bond donors (Lipinski definition) is 1. The van der Waals surface area contributed by atoms with Crippen molar-refractivity contribution < 1.29 is 9.50 Å². The van der Waals surface area contributed by atoms with Crippen molar-refractivity contribution in [2.45, 2.75) is 25.4 Å². The first-order chi connectivity index (χ1) is 10.2. The van der Waals surface area contributed by atoms with Crippen LogP contribution < -0.4 is 0 Å². The topological polar surface area (TPSA) is 33.1 Å². The molecule has 1 aliphatic rings. The number of thiazole rings is 1. The third-order valence-electron chi connectivity index (χ3n) is 4.02. The van der Waals surface area contributed by atoms with Crippen molar-refractivity contribution in [1.82, 2.24) is 4.98 Å². The van der Waals surface area contributed by atoms with Gasteiger partial charge in [0.1, 0.15) is 10.8 Å². The maximum absolute atomic E-state index is 13.9. The van der Waals surface area contributed by atoms with Crippen molar-refractivity contribution in [3.05, 3.63) is 52.8 Å². The molecule has 0 fully saturated rings. The molecular formula is C17H14FNOS. The van der Waals surface area contributed by atoms with Gasteiger partial charge >= 0.3 is 0 Å². The van der Waals surface area contributed by atoms with E-state index in [9.17, 15) is 9.50 Å². The summed E-state index contributed by atoms with van der Waals surface area (Å²) in [6.07, 6.45) is 2.30. The van der Waals surface area contributed by atoms with Gasteiger partial charge < -0.3 is 5.11 Å². The molecule has 0 bridgehead atoms. The summed E-state index contributed by atoms with van der Waals surface area (Å²) >= 11 is 1.53. The van der Waals surface area contributed by atoms with Crippen molar-refractivity contribution in [3.8, 4) is 10.6 Å². The molecule has 1 aliphatic carbocycles. The van der Waals surface area contributed by atoms with Gasteiger partial charge in [-0.25, -0.2) is 9.37 Å². The van der Waals surface area contributed by atoms with Crippen LogP contribution in [0, 0.1) is 5.82 Å². The van der Waals surface area contributed by atoms with Crippen LogP contribution in [0.1, 0.15) is 29.5 Å². The highest BCUT2D eigenvalue weighted by Crippen LogP contribution is 2.40. The van der Waals surface area contributed by atoms with E-state index in [0.717, 1.165) is 45.8 Å². The SMILES string of the molecule is OC1CCCc2nc(-c3ccc(F)c4ccccc34)sc21. The van der Waals surface area contributed by atoms with Crippen molar-refractivity contribution >= 4 is 22.1 Å². The lowest BCUT2D eigenvalue weighted by atomic mass is 10.0. The summed E-state index contributed by atoms with van der Waals surface area (Å²) in [7, 11) is 0. The molecule has 106 valence electrons. The van der Waals surface area contributed by atoms with Gasteiger partial charge in [0.2, 0.25) is 0 Å². The minimum atomic E-state index is -0.397. The zero-order valence-electron chi connectivity index (χ0n) is 11.3. The quantitative estimate of drug-likeness (QED) is 0.719. The van der Waals surface area contributed by atoms with Gasteiger partial charge in [0.15, 0.2) is 0 Å². The van der Waals surface area contributed by atoms with E-state index in [2.05, 4.69) is 4.98 Å². The maximum Gasteiger partial charge on any atom is 0.131 e. The van der Waals surface area contributed by atoms with Crippen LogP contribution in [0.3, 0.4) is 0 Å². The zero-order chi connectivity index (χ0) is 14.4. The third-order valence-corrected chi connectivity index (χ3v) is 5.25. The molecule has 1 heterocycles. The Morgan fingerprint density at radius 1 is 1.14 bits per heavy atom. The number of aliphatic hydroxyl groups is 1. The number of aliphatic hydroxyl groups excluding tert-OH is 1. The van der Waals surface area contributed by atoms with Crippen LogP contribution in [-0.4, -0.2) is 10.1 Å². The van der Waals surface area contributed by atoms with E-state index in [0.29, 0.717) is 5.39 Å². The van der Waals surface area contributed by atoms with Crippen LogP contribution in [0.15, 0.2) is 36.4 Å². The Labute approximate surface area is 125 Å². The number of fused-ring (bicyclic) bond motifs is 2. The second-order valence-electron chi connectivity index (χ2n) is 5.38. The lowest BCUT2D eigenvalue weighted by Gasteiger charge is -2.14. The van der Waals surface area contributed by atoms with E-state index in [1.54, 1.807) is 12.1 Å². The van der Waals surface area contributed by atoms with E-state index < -0.39 is 6.10 Å². The highest BCUT2D eigenvalue weighted by Gasteiger charge is 2.23. The van der Waals surface area contributed by atoms with Crippen LogP contribution in [0.25, 0.3) is 21.3 Å². The maximum atomic E-state index is 13.9. The Balaban J connectivity index is 1.93. The Morgan fingerprint density at radius 2 is 1.95 bits per heavy atom. The summed E-state index contributed by atoms with van der Waals surface area (Å²) in [5, 5.41) is 12.4. The Kier molecular flexibility index (Phi) is 3.01. The van der Waals surface area contributed by atoms with Gasteiger partial charge in [0, 0.05) is 10.9 Å². The monoisotopic (exact) mass is 299 g/mol. The number of benzene rings is 2. The number of aryl methyl sites for hydroxylation is 1. The molecule has 0 radical (unpaired) electrons. The van der Waals surface area contributed by atoms with E-state index in [4.69, 9.17) is 0 Å². The van der Waals surface area contributed by atoms with E-state index in [-0.39, 0.29) is 5.82 Å². The average molecular weight is 299 g/mol. The van der Waals surface area contributed by atoms with Gasteiger partial charge in [-0.15, -0.1) is 11.3 Å². The molecule has 1 N–H and O–H groups in total. The lowest BCUT2D eigenvalue weighted by molar-refractivity contribution is 0.160. The zero-order valence-corrected chi connectivity index (χ0v) is 12.2. The van der Waals surface area contributed by atoms with E-state index in [1.807, 2.05) is 18.2 Å². The predicted octanol–water partition coefficient (Wildman–Crippen LogP) is 4.47. The molecule has 0 aliphatic heterocycles. The molecular weight excluding hydrogens is 285 g/mol. The summed E-state index contributed by atoms with van der Waals surface area (Å²) in [6.45, 7) is 0. The van der Waals surface area contributed by atoms with Crippen LogP contribution in [0.5, 0.6) is 0 Å². The molecule has 3 aromatic rings. The summed E-state index contributed by atoms with van der Waals surface area (Å²) in [6, 6.07) is 10.7. The van der Waals surface area contributed by atoms with Gasteiger partial charge in [0.25, 0.3) is 0 Å². The molecule has 1 atom stereocenters. The molecule has 2 nitrogen and oxygen atoms in total. The highest BCUT2D eigenvalue weighted by molar-refractivity contribution is 7.15. The van der Waals surface area contributed by atoms with Gasteiger partial charge in [-0.1, -0.05) is 24.3 Å². The van der Waals surface area contributed by atoms with Crippen molar-refractivity contribution in [2.24, 2.45) is 0 Å². The van der Waals surface area contributed by atoms with Crippen LogP contribution in [0.2, 0.25) is 0 Å². The normalized spacial score (nSPS) is 17.9. The van der Waals surface area contributed by atoms with Crippen LogP contribution in [0.4, 0.5) is 4.39 Å². The first-order valence-electron chi connectivity index (χ1n) is 7.09. The third kappa shape index (κ3) is 2.06. The highest BCUT2D eigenvalue weighted by atomic mass is 32.1. The Bertz CT molecular complexity index is 827. The first-order valence-corrected chi connectivity index (χ1v) is 7.91. The Morgan fingerprint density at radius 3 is 2.76 bits per heavy atom. The van der Waals surface area contributed by atoms with E-state index in [1.165, 1.54) is 17.4 Å². The minimum absolute atomic E-state index is 0.212. The summed E-state index contributed by atoms with van der Waals surface area (Å²) < 4.78 is 13.9. The molecule has 4 heteroatoms. The standard InChI is InChI=1S/C17H14FNOS/c18-13-9-8-12(10-4-1-2-5-11(10)13)17-19-14-6-3-7-15(20)16(14)21-17/h1-2,4-5,8-9,15,20H,3,6-7H2. The summed E-state index contributed by atoms with van der Waals surface area (Å²) in [5.74, 6) is -0.212. The molecule has 0 spiro atoms.